The number of aromatic nitrogens is 4. The number of rotatable bonds is 11. The molecule has 2 fully saturated rings. The van der Waals surface area contributed by atoms with Crippen molar-refractivity contribution in [2.75, 3.05) is 38.0 Å². The number of carbonyl (C=O) groups excluding carboxylic acids is 5. The zero-order chi connectivity index (χ0) is 39.6. The van der Waals surface area contributed by atoms with Gasteiger partial charge in [0.2, 0.25) is 17.7 Å². The van der Waals surface area contributed by atoms with Crippen LogP contribution in [0.2, 0.25) is 0 Å². The smallest absolute Gasteiger partial charge is 0.407 e. The van der Waals surface area contributed by atoms with Crippen LogP contribution in [0.25, 0.3) is 27.9 Å². The van der Waals surface area contributed by atoms with Gasteiger partial charge in [-0.05, 0) is 80.0 Å². The van der Waals surface area contributed by atoms with E-state index in [0.717, 1.165) is 70.4 Å². The average molecular weight is 774 g/mol. The molecule has 0 bridgehead atoms. The molecule has 2 saturated heterocycles. The molecule has 57 heavy (non-hydrogen) atoms. The Morgan fingerprint density at radius 1 is 0.842 bits per heavy atom. The first kappa shape index (κ1) is 37.5. The van der Waals surface area contributed by atoms with Crippen LogP contribution in [0.15, 0.2) is 61.1 Å². The van der Waals surface area contributed by atoms with Gasteiger partial charge in [-0.25, -0.2) is 9.78 Å². The summed E-state index contributed by atoms with van der Waals surface area (Å²) >= 11 is 0. The number of amides is 6. The van der Waals surface area contributed by atoms with Gasteiger partial charge in [-0.15, -0.1) is 0 Å². The Kier molecular flexibility index (Phi) is 10.5. The maximum atomic E-state index is 13.1. The van der Waals surface area contributed by atoms with Crippen molar-refractivity contribution in [1.82, 2.24) is 39.8 Å². The molecule has 6 heterocycles. The van der Waals surface area contributed by atoms with Gasteiger partial charge in [0, 0.05) is 63.0 Å². The van der Waals surface area contributed by atoms with E-state index >= 15 is 0 Å². The first-order chi connectivity index (χ1) is 27.6. The summed E-state index contributed by atoms with van der Waals surface area (Å²) < 4.78 is 1.97. The Labute approximate surface area is 327 Å². The van der Waals surface area contributed by atoms with Crippen LogP contribution in [-0.2, 0) is 14.4 Å². The first-order valence-electron chi connectivity index (χ1n) is 19.5. The summed E-state index contributed by atoms with van der Waals surface area (Å²) in [7, 11) is 0. The average Bonchev–Trinajstić information content (AvgIpc) is 3.81. The minimum absolute atomic E-state index is 0.0711. The molecule has 8 rings (SSSR count). The summed E-state index contributed by atoms with van der Waals surface area (Å²) in [6, 6.07) is 10.1. The number of hydrogen-bond donors (Lipinski definition) is 3. The molecule has 0 radical (unpaired) electrons. The van der Waals surface area contributed by atoms with Gasteiger partial charge in [0.05, 0.1) is 46.3 Å². The van der Waals surface area contributed by atoms with Crippen LogP contribution in [0.1, 0.15) is 90.1 Å². The first-order valence-corrected chi connectivity index (χ1v) is 19.5. The van der Waals surface area contributed by atoms with E-state index in [-0.39, 0.29) is 35.9 Å². The Balaban J connectivity index is 0.767. The molecule has 4 aromatic rings. The predicted molar refractivity (Wildman–Crippen MR) is 208 cm³/mol. The van der Waals surface area contributed by atoms with E-state index in [4.69, 9.17) is 4.98 Å². The molecule has 4 aliphatic rings. The molecular formula is C41H43N9O7. The summed E-state index contributed by atoms with van der Waals surface area (Å²) in [4.78, 5) is 88.0. The molecule has 3 N–H and O–H groups in total. The zero-order valence-corrected chi connectivity index (χ0v) is 31.4. The fourth-order valence-electron chi connectivity index (χ4n) is 8.05. The van der Waals surface area contributed by atoms with Crippen LogP contribution in [0, 0.1) is 0 Å². The topological polar surface area (TPSA) is 200 Å². The number of unbranched alkanes of at least 4 members (excludes halogenated alkanes) is 2. The highest BCUT2D eigenvalue weighted by atomic mass is 16.4. The zero-order valence-electron chi connectivity index (χ0n) is 31.4. The normalized spacial score (nSPS) is 18.8. The molecule has 6 amide bonds. The standard InChI is InChI=1S/C41H43N9O7/c51-36-10-9-35(38(53)46-36)50-39(54)30-7-6-28(21-31(30)40(50)55)42-15-3-1-2-4-37(52)47-18-13-29(14-19-47)49-24-27(22-44-49)34-23-43-32-8-5-26(20-33(32)45-34)25-11-16-48(17-12-25)41(56)57/h5-8,11,20-24,29,35,42H,1-4,9-10,12-19H2,(H,56,57)(H,46,51,53). The van der Waals surface area contributed by atoms with Gasteiger partial charge in [-0.3, -0.25) is 43.9 Å². The number of likely N-dealkylation sites (tertiary alicyclic amines) is 1. The third-order valence-corrected chi connectivity index (χ3v) is 11.3. The fraction of sp³-hybridized carbons (Fsp3) is 0.390. The van der Waals surface area contributed by atoms with E-state index < -0.39 is 35.8 Å². The van der Waals surface area contributed by atoms with Crippen molar-refractivity contribution in [3.8, 4) is 11.3 Å². The Morgan fingerprint density at radius 3 is 2.44 bits per heavy atom. The molecule has 0 aliphatic carbocycles. The highest BCUT2D eigenvalue weighted by molar-refractivity contribution is 6.23. The van der Waals surface area contributed by atoms with E-state index in [0.29, 0.717) is 51.3 Å². The molecule has 294 valence electrons. The van der Waals surface area contributed by atoms with Crippen LogP contribution in [0.4, 0.5) is 10.5 Å². The number of benzene rings is 2. The summed E-state index contributed by atoms with van der Waals surface area (Å²) in [6.45, 7) is 2.79. The molecule has 2 aromatic heterocycles. The fourth-order valence-corrected chi connectivity index (χ4v) is 8.05. The number of imide groups is 2. The lowest BCUT2D eigenvalue weighted by atomic mass is 9.99. The molecule has 1 unspecified atom stereocenters. The molecule has 4 aliphatic heterocycles. The molecule has 16 heteroatoms. The van der Waals surface area contributed by atoms with E-state index in [1.54, 1.807) is 30.6 Å². The van der Waals surface area contributed by atoms with Crippen molar-refractivity contribution in [2.45, 2.75) is 69.9 Å². The quantitative estimate of drug-likeness (QED) is 0.143. The number of fused-ring (bicyclic) bond motifs is 2. The Morgan fingerprint density at radius 2 is 1.67 bits per heavy atom. The molecule has 0 saturated carbocycles. The largest absolute Gasteiger partial charge is 0.465 e. The number of hydrogen-bond acceptors (Lipinski definition) is 10. The summed E-state index contributed by atoms with van der Waals surface area (Å²) in [5.41, 5.74) is 6.42. The number of piperidine rings is 2. The number of carbonyl (C=O) groups is 6. The molecule has 0 spiro atoms. The second-order valence-corrected chi connectivity index (χ2v) is 14.9. The molecule has 2 aromatic carbocycles. The van der Waals surface area contributed by atoms with Crippen molar-refractivity contribution < 1.29 is 33.9 Å². The van der Waals surface area contributed by atoms with Crippen LogP contribution in [-0.4, -0.2) is 114 Å². The summed E-state index contributed by atoms with van der Waals surface area (Å²) in [6.07, 6.45) is 11.9. The highest BCUT2D eigenvalue weighted by Crippen LogP contribution is 2.31. The Bertz CT molecular complexity index is 2310. The minimum atomic E-state index is -0.997. The monoisotopic (exact) mass is 773 g/mol. The lowest BCUT2D eigenvalue weighted by molar-refractivity contribution is -0.136. The van der Waals surface area contributed by atoms with Gasteiger partial charge in [0.25, 0.3) is 11.8 Å². The third kappa shape index (κ3) is 7.84. The van der Waals surface area contributed by atoms with E-state index in [9.17, 15) is 33.9 Å². The second kappa shape index (κ2) is 16.0. The second-order valence-electron chi connectivity index (χ2n) is 14.9. The van der Waals surface area contributed by atoms with E-state index in [2.05, 4.69) is 20.7 Å². The van der Waals surface area contributed by atoms with Crippen LogP contribution >= 0.6 is 0 Å². The number of anilines is 1. The van der Waals surface area contributed by atoms with Gasteiger partial charge < -0.3 is 20.2 Å². The van der Waals surface area contributed by atoms with Crippen LogP contribution in [0.3, 0.4) is 0 Å². The van der Waals surface area contributed by atoms with Crippen molar-refractivity contribution in [1.29, 1.82) is 0 Å². The maximum absolute atomic E-state index is 13.1. The predicted octanol–water partition coefficient (Wildman–Crippen LogP) is 4.50. The highest BCUT2D eigenvalue weighted by Gasteiger charge is 2.44. The van der Waals surface area contributed by atoms with Gasteiger partial charge >= 0.3 is 6.09 Å². The van der Waals surface area contributed by atoms with Gasteiger partial charge in [0.1, 0.15) is 6.04 Å². The minimum Gasteiger partial charge on any atom is -0.465 e. The molecule has 1 atom stereocenters. The van der Waals surface area contributed by atoms with Gasteiger partial charge in [-0.2, -0.15) is 5.10 Å². The summed E-state index contributed by atoms with van der Waals surface area (Å²) in [5, 5.41) is 19.4. The summed E-state index contributed by atoms with van der Waals surface area (Å²) in [5.74, 6) is -1.96. The van der Waals surface area contributed by atoms with Crippen molar-refractivity contribution >= 4 is 57.9 Å². The van der Waals surface area contributed by atoms with Gasteiger partial charge in [0.15, 0.2) is 0 Å². The Hall–Kier alpha value is -6.45. The van der Waals surface area contributed by atoms with E-state index in [1.165, 1.54) is 4.90 Å². The number of carboxylic acid groups (broad SMARTS) is 1. The molecular weight excluding hydrogens is 731 g/mol. The van der Waals surface area contributed by atoms with Gasteiger partial charge in [-0.1, -0.05) is 18.6 Å². The third-order valence-electron chi connectivity index (χ3n) is 11.3. The van der Waals surface area contributed by atoms with Crippen molar-refractivity contribution in [2.24, 2.45) is 0 Å². The van der Waals surface area contributed by atoms with Crippen molar-refractivity contribution in [3.63, 3.8) is 0 Å². The van der Waals surface area contributed by atoms with Crippen LogP contribution < -0.4 is 10.6 Å². The lowest BCUT2D eigenvalue weighted by Crippen LogP contribution is -2.54. The molecule has 16 nitrogen and oxygen atoms in total. The SMILES string of the molecule is O=C1CCC(N2C(=O)c3ccc(NCCCCCC(=O)N4CCC(n5cc(-c6cnc7ccc(C8=CCN(C(=O)O)CC8)cc7n6)cn5)CC4)cc3C2=O)C(=O)N1. The van der Waals surface area contributed by atoms with E-state index in [1.807, 2.05) is 40.1 Å². The maximum Gasteiger partial charge on any atom is 0.407 e. The number of nitrogens with one attached hydrogen (secondary N) is 2. The van der Waals surface area contributed by atoms with Crippen molar-refractivity contribution in [3.05, 3.63) is 77.8 Å². The lowest BCUT2D eigenvalue weighted by Gasteiger charge is -2.32. The van der Waals surface area contributed by atoms with Crippen LogP contribution in [0.5, 0.6) is 0 Å². The number of nitrogens with zero attached hydrogens (tertiary/aromatic N) is 7.